The molecule has 0 saturated carbocycles. The second-order valence-corrected chi connectivity index (χ2v) is 8.50. The molecule has 2 rings (SSSR count). The van der Waals surface area contributed by atoms with E-state index in [0.29, 0.717) is 13.1 Å². The summed E-state index contributed by atoms with van der Waals surface area (Å²) in [5, 5.41) is 3.31. The maximum Gasteiger partial charge on any atom is 0.240 e. The summed E-state index contributed by atoms with van der Waals surface area (Å²) < 4.78 is 25.0. The van der Waals surface area contributed by atoms with Gasteiger partial charge in [-0.3, -0.25) is 14.4 Å². The molecule has 1 aliphatic rings. The van der Waals surface area contributed by atoms with Gasteiger partial charge in [-0.2, -0.15) is 5.10 Å². The Morgan fingerprint density at radius 1 is 1.30 bits per heavy atom. The molecule has 0 spiro atoms. The fourth-order valence-corrected chi connectivity index (χ4v) is 3.22. The molecule has 1 atom stereocenters. The van der Waals surface area contributed by atoms with Gasteiger partial charge in [0.15, 0.2) is 9.84 Å². The van der Waals surface area contributed by atoms with Gasteiger partial charge in [0.25, 0.3) is 0 Å². The van der Waals surface area contributed by atoms with E-state index in [1.54, 1.807) is 4.90 Å². The molecule has 1 amide bonds. The van der Waals surface area contributed by atoms with Crippen LogP contribution in [0.25, 0.3) is 0 Å². The number of hydrogen-bond acceptors (Lipinski definition) is 5. The number of aromatic nitrogens is 2. The van der Waals surface area contributed by atoms with Gasteiger partial charge in [-0.15, -0.1) is 0 Å². The van der Waals surface area contributed by atoms with E-state index >= 15 is 0 Å². The monoisotopic (exact) mass is 342 g/mol. The first-order valence-electron chi connectivity index (χ1n) is 8.02. The van der Waals surface area contributed by atoms with Crippen LogP contribution in [0.4, 0.5) is 0 Å². The van der Waals surface area contributed by atoms with Crippen molar-refractivity contribution in [1.29, 1.82) is 0 Å². The van der Waals surface area contributed by atoms with Crippen LogP contribution in [0.1, 0.15) is 25.8 Å². The Balaban J connectivity index is 1.92. The smallest absolute Gasteiger partial charge is 0.240 e. The fourth-order valence-electron chi connectivity index (χ4n) is 2.71. The molecule has 1 aromatic heterocycles. The molecule has 1 unspecified atom stereocenters. The number of sulfone groups is 1. The van der Waals surface area contributed by atoms with Gasteiger partial charge in [0.2, 0.25) is 5.91 Å². The zero-order valence-electron chi connectivity index (χ0n) is 14.1. The maximum absolute atomic E-state index is 12.3. The first-order valence-corrected chi connectivity index (χ1v) is 9.98. The van der Waals surface area contributed by atoms with Gasteiger partial charge in [0.05, 0.1) is 6.20 Å². The highest BCUT2D eigenvalue weighted by Gasteiger charge is 2.29. The van der Waals surface area contributed by atoms with Crippen LogP contribution in [-0.4, -0.2) is 71.6 Å². The van der Waals surface area contributed by atoms with Crippen molar-refractivity contribution in [1.82, 2.24) is 19.6 Å². The summed E-state index contributed by atoms with van der Waals surface area (Å²) in [5.41, 5.74) is 1.16. The van der Waals surface area contributed by atoms with E-state index in [-0.39, 0.29) is 5.91 Å². The Morgan fingerprint density at radius 3 is 2.65 bits per heavy atom. The third kappa shape index (κ3) is 4.78. The summed E-state index contributed by atoms with van der Waals surface area (Å²) in [5.74, 6) is -0.284. The van der Waals surface area contributed by atoms with Crippen molar-refractivity contribution in [3.05, 3.63) is 18.0 Å². The number of aryl methyl sites for hydroxylation is 1. The highest BCUT2D eigenvalue weighted by molar-refractivity contribution is 7.92. The molecule has 0 bridgehead atoms. The molecule has 1 saturated heterocycles. The minimum Gasteiger partial charge on any atom is -0.340 e. The second kappa shape index (κ2) is 7.44. The van der Waals surface area contributed by atoms with Crippen LogP contribution >= 0.6 is 0 Å². The highest BCUT2D eigenvalue weighted by atomic mass is 32.2. The van der Waals surface area contributed by atoms with E-state index in [4.69, 9.17) is 0 Å². The first kappa shape index (κ1) is 17.9. The lowest BCUT2D eigenvalue weighted by Gasteiger charge is -2.24. The number of nitrogens with zero attached hydrogens (tertiary/aromatic N) is 4. The molecule has 8 heteroatoms. The van der Waals surface area contributed by atoms with Crippen LogP contribution in [-0.2, 0) is 27.7 Å². The summed E-state index contributed by atoms with van der Waals surface area (Å²) in [7, 11) is -3.34. The Kier molecular flexibility index (Phi) is 5.80. The molecule has 0 N–H and O–H groups in total. The SMILES string of the molecule is CCn1cc(CN2CCCN(C(=O)C(C)S(C)(=O)=O)CC2)cn1. The lowest BCUT2D eigenvalue weighted by atomic mass is 10.3. The van der Waals surface area contributed by atoms with Crippen molar-refractivity contribution in [2.24, 2.45) is 0 Å². The normalized spacial score (nSPS) is 18.7. The van der Waals surface area contributed by atoms with Gasteiger partial charge in [0, 0.05) is 57.3 Å². The molecule has 7 nitrogen and oxygen atoms in total. The molecular formula is C15H26N4O3S. The summed E-state index contributed by atoms with van der Waals surface area (Å²) in [6.07, 6.45) is 5.89. The minimum absolute atomic E-state index is 0.284. The van der Waals surface area contributed by atoms with Gasteiger partial charge in [-0.1, -0.05) is 0 Å². The molecule has 1 aromatic rings. The molecule has 2 heterocycles. The van der Waals surface area contributed by atoms with Crippen molar-refractivity contribution in [3.63, 3.8) is 0 Å². The van der Waals surface area contributed by atoms with Crippen LogP contribution in [0.3, 0.4) is 0 Å². The van der Waals surface area contributed by atoms with Gasteiger partial charge in [0.1, 0.15) is 5.25 Å². The van der Waals surface area contributed by atoms with E-state index in [9.17, 15) is 13.2 Å². The van der Waals surface area contributed by atoms with Crippen LogP contribution < -0.4 is 0 Å². The van der Waals surface area contributed by atoms with Gasteiger partial charge in [-0.05, 0) is 20.3 Å². The van der Waals surface area contributed by atoms with Gasteiger partial charge < -0.3 is 4.90 Å². The van der Waals surface area contributed by atoms with Crippen molar-refractivity contribution in [3.8, 4) is 0 Å². The predicted molar refractivity (Wildman–Crippen MR) is 88.7 cm³/mol. The number of amides is 1. The molecule has 0 radical (unpaired) electrons. The lowest BCUT2D eigenvalue weighted by Crippen LogP contribution is -2.43. The summed E-state index contributed by atoms with van der Waals surface area (Å²) in [6.45, 7) is 8.02. The second-order valence-electron chi connectivity index (χ2n) is 6.13. The quantitative estimate of drug-likeness (QED) is 0.773. The van der Waals surface area contributed by atoms with Gasteiger partial charge in [-0.25, -0.2) is 8.42 Å². The van der Waals surface area contributed by atoms with E-state index in [1.165, 1.54) is 6.92 Å². The topological polar surface area (TPSA) is 75.5 Å². The lowest BCUT2D eigenvalue weighted by molar-refractivity contribution is -0.130. The molecule has 23 heavy (non-hydrogen) atoms. The summed E-state index contributed by atoms with van der Waals surface area (Å²) in [4.78, 5) is 16.3. The van der Waals surface area contributed by atoms with Crippen LogP contribution in [0.2, 0.25) is 0 Å². The third-order valence-corrected chi connectivity index (χ3v) is 5.79. The molecule has 0 aliphatic carbocycles. The standard InChI is InChI=1S/C15H26N4O3S/c1-4-19-12-14(10-16-19)11-17-6-5-7-18(9-8-17)15(20)13(2)23(3,21)22/h10,12-13H,4-9,11H2,1-3H3. The van der Waals surface area contributed by atoms with Crippen molar-refractivity contribution in [2.75, 3.05) is 32.4 Å². The van der Waals surface area contributed by atoms with Gasteiger partial charge >= 0.3 is 0 Å². The van der Waals surface area contributed by atoms with E-state index in [1.807, 2.05) is 17.1 Å². The van der Waals surface area contributed by atoms with Crippen molar-refractivity contribution < 1.29 is 13.2 Å². The number of rotatable bonds is 5. The average molecular weight is 342 g/mol. The summed E-state index contributed by atoms with van der Waals surface area (Å²) in [6, 6.07) is 0. The Bertz CT molecular complexity index is 641. The van der Waals surface area contributed by atoms with E-state index < -0.39 is 15.1 Å². The Morgan fingerprint density at radius 2 is 2.04 bits per heavy atom. The zero-order chi connectivity index (χ0) is 17.0. The van der Waals surface area contributed by atoms with Crippen LogP contribution in [0, 0.1) is 0 Å². The number of hydrogen-bond donors (Lipinski definition) is 0. The number of carbonyl (C=O) groups is 1. The fraction of sp³-hybridized carbons (Fsp3) is 0.733. The predicted octanol–water partition coefficient (Wildman–Crippen LogP) is 0.370. The zero-order valence-corrected chi connectivity index (χ0v) is 14.9. The molecule has 1 fully saturated rings. The molecule has 1 aliphatic heterocycles. The minimum atomic E-state index is -3.34. The molecule has 130 valence electrons. The molecular weight excluding hydrogens is 316 g/mol. The average Bonchev–Trinajstić information content (AvgIpc) is 2.82. The molecule has 0 aromatic carbocycles. The highest BCUT2D eigenvalue weighted by Crippen LogP contribution is 2.11. The third-order valence-electron chi connectivity index (χ3n) is 4.31. The van der Waals surface area contributed by atoms with Crippen molar-refractivity contribution in [2.45, 2.75) is 38.6 Å². The van der Waals surface area contributed by atoms with Crippen LogP contribution in [0.5, 0.6) is 0 Å². The largest absolute Gasteiger partial charge is 0.340 e. The van der Waals surface area contributed by atoms with Crippen LogP contribution in [0.15, 0.2) is 12.4 Å². The summed E-state index contributed by atoms with van der Waals surface area (Å²) >= 11 is 0. The number of carbonyl (C=O) groups excluding carboxylic acids is 1. The first-order chi connectivity index (χ1) is 10.8. The maximum atomic E-state index is 12.3. The Labute approximate surface area is 138 Å². The van der Waals surface area contributed by atoms with E-state index in [0.717, 1.165) is 44.4 Å². The van der Waals surface area contributed by atoms with Crippen molar-refractivity contribution >= 4 is 15.7 Å². The Hall–Kier alpha value is -1.41. The van der Waals surface area contributed by atoms with E-state index in [2.05, 4.69) is 16.9 Å².